The molecule has 0 aromatic carbocycles. The maximum absolute atomic E-state index is 13.2. The van der Waals surface area contributed by atoms with Crippen LogP contribution in [-0.4, -0.2) is 60.9 Å². The Labute approximate surface area is 318 Å². The molecule has 6 nitrogen and oxygen atoms in total. The van der Waals surface area contributed by atoms with Gasteiger partial charge in [0.25, 0.3) is 0 Å². The molecule has 0 aromatic heterocycles. The van der Waals surface area contributed by atoms with Crippen molar-refractivity contribution in [1.29, 1.82) is 0 Å². The topological polar surface area (TPSA) is 76.1 Å². The Morgan fingerprint density at radius 2 is 0.922 bits per heavy atom. The lowest BCUT2D eigenvalue weighted by Crippen LogP contribution is -2.29. The fraction of sp³-hybridized carbons (Fsp3) is 0.956. The Morgan fingerprint density at radius 1 is 0.510 bits per heavy atom. The maximum Gasteiger partial charge on any atom is 0.309 e. The third kappa shape index (κ3) is 35.6. The van der Waals surface area contributed by atoms with Gasteiger partial charge in [-0.2, -0.15) is 0 Å². The average molecular weight is 724 g/mol. The molecule has 0 radical (unpaired) electrons. The summed E-state index contributed by atoms with van der Waals surface area (Å²) in [5, 5.41) is 9.57. The zero-order chi connectivity index (χ0) is 37.5. The van der Waals surface area contributed by atoms with Gasteiger partial charge in [0.1, 0.15) is 0 Å². The quantitative estimate of drug-likeness (QED) is 0.0500. The van der Waals surface area contributed by atoms with Crippen LogP contribution < -0.4 is 0 Å². The second kappa shape index (κ2) is 40.1. The highest BCUT2D eigenvalue weighted by Gasteiger charge is 2.21. The Bertz CT molecular complexity index is 715. The number of esters is 2. The third-order valence-corrected chi connectivity index (χ3v) is 10.6. The van der Waals surface area contributed by atoms with Crippen molar-refractivity contribution in [3.05, 3.63) is 0 Å². The molecule has 0 spiro atoms. The van der Waals surface area contributed by atoms with Crippen LogP contribution in [0.25, 0.3) is 0 Å². The zero-order valence-electron chi connectivity index (χ0n) is 34.8. The van der Waals surface area contributed by atoms with Gasteiger partial charge in [-0.3, -0.25) is 9.59 Å². The Morgan fingerprint density at radius 3 is 1.41 bits per heavy atom. The van der Waals surface area contributed by atoms with Crippen molar-refractivity contribution in [2.75, 3.05) is 32.8 Å². The molecular formula is C45H89NO5. The summed E-state index contributed by atoms with van der Waals surface area (Å²) in [7, 11) is 0. The number of hydrogen-bond acceptors (Lipinski definition) is 6. The van der Waals surface area contributed by atoms with Crippen LogP contribution in [0.1, 0.15) is 233 Å². The number of carbonyl (C=O) groups excluding carboxylic acids is 2. The highest BCUT2D eigenvalue weighted by atomic mass is 16.5. The van der Waals surface area contributed by atoms with Crippen LogP contribution in [0, 0.1) is 5.92 Å². The van der Waals surface area contributed by atoms with Crippen LogP contribution in [0.15, 0.2) is 0 Å². The van der Waals surface area contributed by atoms with Gasteiger partial charge in [-0.25, -0.2) is 0 Å². The highest BCUT2D eigenvalue weighted by Crippen LogP contribution is 2.22. The van der Waals surface area contributed by atoms with Crippen molar-refractivity contribution in [3.8, 4) is 0 Å². The van der Waals surface area contributed by atoms with E-state index in [0.29, 0.717) is 13.0 Å². The predicted octanol–water partition coefficient (Wildman–Crippen LogP) is 12.9. The van der Waals surface area contributed by atoms with Gasteiger partial charge in [-0.1, -0.05) is 168 Å². The number of hydrogen-bond donors (Lipinski definition) is 1. The van der Waals surface area contributed by atoms with Gasteiger partial charge in [-0.05, 0) is 71.4 Å². The van der Waals surface area contributed by atoms with E-state index < -0.39 is 0 Å². The van der Waals surface area contributed by atoms with Crippen LogP contribution in [0.4, 0.5) is 0 Å². The summed E-state index contributed by atoms with van der Waals surface area (Å²) in [4.78, 5) is 27.5. The van der Waals surface area contributed by atoms with E-state index in [1.165, 1.54) is 135 Å². The molecule has 0 aliphatic rings. The van der Waals surface area contributed by atoms with E-state index in [-0.39, 0.29) is 30.6 Å². The fourth-order valence-corrected chi connectivity index (χ4v) is 7.13. The van der Waals surface area contributed by atoms with Gasteiger partial charge in [0.2, 0.25) is 0 Å². The van der Waals surface area contributed by atoms with Gasteiger partial charge in [0.15, 0.2) is 0 Å². The van der Waals surface area contributed by atoms with Crippen LogP contribution in [0.5, 0.6) is 0 Å². The van der Waals surface area contributed by atoms with Crippen LogP contribution in [-0.2, 0) is 19.1 Å². The number of aliphatic hydroxyl groups is 1. The first-order chi connectivity index (χ1) is 25.0. The molecule has 0 fully saturated rings. The lowest BCUT2D eigenvalue weighted by atomic mass is 9.94. The lowest BCUT2D eigenvalue weighted by molar-refractivity contribution is -0.154. The summed E-state index contributed by atoms with van der Waals surface area (Å²) in [6.07, 6.45) is 37.5. The molecule has 0 saturated carbocycles. The SMILES string of the molecule is CCCCCCCCC(CCCCCCCC)C(=O)OC(C)CCCCCCN(CCO)CCCCCCCCCC(=O)OCCCCCCC. The zero-order valence-corrected chi connectivity index (χ0v) is 34.8. The molecular weight excluding hydrogens is 634 g/mol. The second-order valence-corrected chi connectivity index (χ2v) is 15.7. The summed E-state index contributed by atoms with van der Waals surface area (Å²) >= 11 is 0. The van der Waals surface area contributed by atoms with E-state index in [1.807, 2.05) is 0 Å². The van der Waals surface area contributed by atoms with E-state index in [0.717, 1.165) is 83.8 Å². The molecule has 1 N–H and O–H groups in total. The van der Waals surface area contributed by atoms with Crippen LogP contribution in [0.3, 0.4) is 0 Å². The van der Waals surface area contributed by atoms with Gasteiger partial charge in [0.05, 0.1) is 25.2 Å². The summed E-state index contributed by atoms with van der Waals surface area (Å²) in [5.41, 5.74) is 0. The number of unbranched alkanes of at least 4 members (excludes halogenated alkanes) is 23. The number of ether oxygens (including phenoxy) is 2. The van der Waals surface area contributed by atoms with E-state index in [1.54, 1.807) is 0 Å². The smallest absolute Gasteiger partial charge is 0.309 e. The van der Waals surface area contributed by atoms with Crippen LogP contribution >= 0.6 is 0 Å². The van der Waals surface area contributed by atoms with E-state index in [2.05, 4.69) is 32.6 Å². The Balaban J connectivity index is 4.03. The minimum atomic E-state index is -0.0223. The van der Waals surface area contributed by atoms with Crippen molar-refractivity contribution < 1.29 is 24.2 Å². The molecule has 0 aliphatic carbocycles. The van der Waals surface area contributed by atoms with Gasteiger partial charge in [0, 0.05) is 13.0 Å². The van der Waals surface area contributed by atoms with E-state index in [9.17, 15) is 14.7 Å². The monoisotopic (exact) mass is 724 g/mol. The number of rotatable bonds is 41. The Kier molecular flexibility index (Phi) is 39.2. The largest absolute Gasteiger partial charge is 0.466 e. The molecule has 6 heteroatoms. The van der Waals surface area contributed by atoms with Crippen molar-refractivity contribution in [2.24, 2.45) is 5.92 Å². The fourth-order valence-electron chi connectivity index (χ4n) is 7.13. The normalized spacial score (nSPS) is 12.2. The summed E-state index contributed by atoms with van der Waals surface area (Å²) < 4.78 is 11.4. The minimum Gasteiger partial charge on any atom is -0.466 e. The average Bonchev–Trinajstić information content (AvgIpc) is 3.12. The minimum absolute atomic E-state index is 0.00593. The molecule has 0 aromatic rings. The number of aliphatic hydroxyl groups excluding tert-OH is 1. The predicted molar refractivity (Wildman–Crippen MR) is 218 cm³/mol. The molecule has 1 atom stereocenters. The maximum atomic E-state index is 13.2. The standard InChI is InChI=1S/C45H89NO5/c1-5-8-11-14-19-27-34-43(35-28-20-15-12-9-6-2)45(49)51-42(4)33-26-22-24-31-38-46(39-40-47)37-30-23-18-16-17-21-29-36-44(48)50-41-32-25-13-10-7-3/h42-43,47H,5-41H2,1-4H3. The molecule has 51 heavy (non-hydrogen) atoms. The summed E-state index contributed by atoms with van der Waals surface area (Å²) in [6, 6.07) is 0. The Hall–Kier alpha value is -1.14. The second-order valence-electron chi connectivity index (χ2n) is 15.7. The van der Waals surface area contributed by atoms with Crippen molar-refractivity contribution in [2.45, 2.75) is 239 Å². The molecule has 0 aliphatic heterocycles. The molecule has 0 bridgehead atoms. The summed E-state index contributed by atoms with van der Waals surface area (Å²) in [6.45, 7) is 12.5. The summed E-state index contributed by atoms with van der Waals surface area (Å²) in [5.74, 6) is 0.120. The molecule has 0 rings (SSSR count). The van der Waals surface area contributed by atoms with Gasteiger partial charge in [-0.15, -0.1) is 0 Å². The van der Waals surface area contributed by atoms with Gasteiger partial charge < -0.3 is 19.5 Å². The highest BCUT2D eigenvalue weighted by molar-refractivity contribution is 5.72. The first-order valence-electron chi connectivity index (χ1n) is 22.7. The third-order valence-electron chi connectivity index (χ3n) is 10.6. The molecule has 0 heterocycles. The number of carbonyl (C=O) groups is 2. The number of nitrogens with zero attached hydrogens (tertiary/aromatic N) is 1. The van der Waals surface area contributed by atoms with Gasteiger partial charge >= 0.3 is 11.9 Å². The van der Waals surface area contributed by atoms with E-state index in [4.69, 9.17) is 9.47 Å². The van der Waals surface area contributed by atoms with Crippen molar-refractivity contribution in [3.63, 3.8) is 0 Å². The first kappa shape index (κ1) is 49.9. The van der Waals surface area contributed by atoms with Crippen molar-refractivity contribution in [1.82, 2.24) is 4.90 Å². The molecule has 1 unspecified atom stereocenters. The molecule has 0 amide bonds. The molecule has 304 valence electrons. The van der Waals surface area contributed by atoms with E-state index >= 15 is 0 Å². The van der Waals surface area contributed by atoms with Crippen LogP contribution in [0.2, 0.25) is 0 Å². The van der Waals surface area contributed by atoms with Crippen molar-refractivity contribution >= 4 is 11.9 Å². The molecule has 0 saturated heterocycles. The lowest BCUT2D eigenvalue weighted by Gasteiger charge is -2.21. The first-order valence-corrected chi connectivity index (χ1v) is 22.7.